The van der Waals surface area contributed by atoms with E-state index in [1.165, 1.54) is 22.8 Å². The molecule has 15 nitrogen and oxygen atoms in total. The Morgan fingerprint density at radius 3 is 2.84 bits per heavy atom. The lowest BCUT2D eigenvalue weighted by molar-refractivity contribution is -0.0316. The highest BCUT2D eigenvalue weighted by atomic mass is 32.3. The first kappa shape index (κ1) is 22.7. The summed E-state index contributed by atoms with van der Waals surface area (Å²) in [5.74, 6) is 0.0995. The predicted octanol–water partition coefficient (Wildman–Crippen LogP) is -1.01. The Morgan fingerprint density at radius 1 is 1.45 bits per heavy atom. The van der Waals surface area contributed by atoms with Crippen molar-refractivity contribution in [2.45, 2.75) is 24.9 Å². The number of aryl methyl sites for hydroxylation is 1. The summed E-state index contributed by atoms with van der Waals surface area (Å²) >= 11 is 0. The highest BCUT2D eigenvalue weighted by Crippen LogP contribution is 2.44. The van der Waals surface area contributed by atoms with E-state index in [1.54, 1.807) is 7.05 Å². The molecule has 1 aromatic heterocycles. The van der Waals surface area contributed by atoms with E-state index in [9.17, 15) is 18.0 Å². The average molecular weight is 460 g/mol. The number of hydrogen-bond donors (Lipinski definition) is 4. The zero-order chi connectivity index (χ0) is 22.8. The number of carbonyl (C=O) groups excluding carboxylic acids is 2. The van der Waals surface area contributed by atoms with Crippen LogP contribution in [0, 0.1) is 0 Å². The Morgan fingerprint density at radius 2 is 2.19 bits per heavy atom. The summed E-state index contributed by atoms with van der Waals surface area (Å²) in [6, 6.07) is -2.52. The van der Waals surface area contributed by atoms with Crippen LogP contribution in [0.4, 0.5) is 9.59 Å². The van der Waals surface area contributed by atoms with E-state index in [0.29, 0.717) is 35.8 Å². The van der Waals surface area contributed by atoms with E-state index < -0.39 is 34.6 Å². The standard InChI is InChI=1S/C15H24N8O7S/c1-17-13(20-29-14(24)18-6-4-3-5-16)12-11-9(7-19-21(11)2)10-8-22(12)15(25)23(10)30-31(26,27)28/h7,10,12H,3-6,8,16H2,1-2H3,(H,17,20)(H,18,24)(H,26,27,28)/t10-,12-/m0/s1. The van der Waals surface area contributed by atoms with Gasteiger partial charge in [0.1, 0.15) is 12.1 Å². The number of nitrogens with two attached hydrogens (primary N) is 1. The van der Waals surface area contributed by atoms with Crippen LogP contribution in [0.1, 0.15) is 36.2 Å². The number of aromatic nitrogens is 2. The summed E-state index contributed by atoms with van der Waals surface area (Å²) in [6.45, 7) is 0.907. The Hall–Kier alpha value is -2.95. The molecule has 2 aliphatic heterocycles. The minimum absolute atomic E-state index is 0.0314. The molecule has 172 valence electrons. The molecular formula is C15H24N8O7S. The van der Waals surface area contributed by atoms with Crippen LogP contribution in [0.15, 0.2) is 11.4 Å². The third-order valence-electron chi connectivity index (χ3n) is 4.85. The van der Waals surface area contributed by atoms with Gasteiger partial charge in [0.2, 0.25) is 0 Å². The van der Waals surface area contributed by atoms with Crippen LogP contribution >= 0.6 is 0 Å². The van der Waals surface area contributed by atoms with Gasteiger partial charge in [0.25, 0.3) is 0 Å². The number of hydrogen-bond acceptors (Lipinski definition) is 9. The highest BCUT2D eigenvalue weighted by molar-refractivity contribution is 7.80. The molecule has 2 bridgehead atoms. The summed E-state index contributed by atoms with van der Waals surface area (Å²) in [6.07, 6.45) is 2.11. The number of fused-ring (bicyclic) bond motifs is 4. The maximum Gasteiger partial charge on any atom is 0.433 e. The lowest BCUT2D eigenvalue weighted by Crippen LogP contribution is -2.44. The first-order valence-electron chi connectivity index (χ1n) is 9.37. The number of likely N-dealkylation sites (N-methyl/N-ethyl adjacent to an activating group) is 1. The molecule has 3 heterocycles. The van der Waals surface area contributed by atoms with Gasteiger partial charge in [-0.15, -0.1) is 4.28 Å². The topological polar surface area (TPSA) is 194 Å². The van der Waals surface area contributed by atoms with Gasteiger partial charge in [0, 0.05) is 26.2 Å². The lowest BCUT2D eigenvalue weighted by Gasteiger charge is -2.31. The second kappa shape index (κ2) is 9.04. The van der Waals surface area contributed by atoms with Crippen LogP contribution < -0.4 is 16.4 Å². The van der Waals surface area contributed by atoms with Gasteiger partial charge in [-0.2, -0.15) is 18.6 Å². The molecule has 2 aliphatic rings. The Balaban J connectivity index is 1.86. The van der Waals surface area contributed by atoms with Crippen molar-refractivity contribution in [3.05, 3.63) is 17.5 Å². The second-order valence-corrected chi connectivity index (χ2v) is 7.82. The Kier molecular flexibility index (Phi) is 6.63. The van der Waals surface area contributed by atoms with Crippen molar-refractivity contribution in [2.75, 3.05) is 26.7 Å². The van der Waals surface area contributed by atoms with Gasteiger partial charge in [0.05, 0.1) is 18.4 Å². The number of rotatable bonds is 8. The average Bonchev–Trinajstić information content (AvgIpc) is 3.21. The summed E-state index contributed by atoms with van der Waals surface area (Å²) in [5, 5.41) is 13.9. The maximum absolute atomic E-state index is 12.8. The van der Waals surface area contributed by atoms with Crippen LogP contribution in [-0.4, -0.2) is 77.4 Å². The molecule has 1 fully saturated rings. The Bertz CT molecular complexity index is 978. The monoisotopic (exact) mass is 460 g/mol. The van der Waals surface area contributed by atoms with Crippen LogP contribution in [0.3, 0.4) is 0 Å². The number of oxime groups is 1. The second-order valence-electron chi connectivity index (χ2n) is 6.82. The van der Waals surface area contributed by atoms with Gasteiger partial charge in [-0.05, 0) is 19.4 Å². The lowest BCUT2D eigenvalue weighted by atomic mass is 9.97. The summed E-state index contributed by atoms with van der Waals surface area (Å²) in [5.41, 5.74) is 6.40. The minimum atomic E-state index is -4.93. The molecule has 1 aromatic rings. The first-order valence-corrected chi connectivity index (χ1v) is 10.7. The highest BCUT2D eigenvalue weighted by Gasteiger charge is 2.53. The van der Waals surface area contributed by atoms with Gasteiger partial charge in [-0.3, -0.25) is 14.1 Å². The number of unbranched alkanes of at least 4 members (excludes halogenated alkanes) is 1. The Labute approximate surface area is 178 Å². The molecule has 0 unspecified atom stereocenters. The van der Waals surface area contributed by atoms with Gasteiger partial charge in [-0.25, -0.2) is 9.59 Å². The van der Waals surface area contributed by atoms with Gasteiger partial charge < -0.3 is 21.3 Å². The molecule has 3 amide bonds. The first-order chi connectivity index (χ1) is 14.7. The van der Waals surface area contributed by atoms with E-state index in [4.69, 9.17) is 15.1 Å². The quantitative estimate of drug-likeness (QED) is 0.0932. The number of amides is 3. The molecule has 3 rings (SSSR count). The van der Waals surface area contributed by atoms with Crippen molar-refractivity contribution >= 4 is 28.4 Å². The zero-order valence-corrected chi connectivity index (χ0v) is 17.7. The molecule has 31 heavy (non-hydrogen) atoms. The molecule has 0 spiro atoms. The third-order valence-corrected chi connectivity index (χ3v) is 5.20. The number of urea groups is 1. The fraction of sp³-hybridized carbons (Fsp3) is 0.600. The van der Waals surface area contributed by atoms with Gasteiger partial charge in [0.15, 0.2) is 5.84 Å². The molecular weight excluding hydrogens is 436 g/mol. The van der Waals surface area contributed by atoms with Crippen molar-refractivity contribution in [1.82, 2.24) is 30.4 Å². The van der Waals surface area contributed by atoms with Crippen LogP contribution in [0.2, 0.25) is 0 Å². The molecule has 0 aliphatic carbocycles. The van der Waals surface area contributed by atoms with E-state index >= 15 is 0 Å². The number of hydroxylamine groups is 2. The summed E-state index contributed by atoms with van der Waals surface area (Å²) in [7, 11) is -1.78. The third kappa shape index (κ3) is 4.71. The fourth-order valence-electron chi connectivity index (χ4n) is 3.52. The predicted molar refractivity (Wildman–Crippen MR) is 105 cm³/mol. The van der Waals surface area contributed by atoms with Gasteiger partial charge >= 0.3 is 22.5 Å². The van der Waals surface area contributed by atoms with E-state index in [-0.39, 0.29) is 12.4 Å². The smallest absolute Gasteiger partial charge is 0.372 e. The SMILES string of the molecule is CN/C(=N\OC(=O)NCCCCN)[C@@H]1c2c(cnn2C)[C@@H]2CN1C(=O)N2OS(=O)(=O)O. The minimum Gasteiger partial charge on any atom is -0.372 e. The number of amidine groups is 1. The molecule has 16 heteroatoms. The van der Waals surface area contributed by atoms with Crippen molar-refractivity contribution < 1.29 is 31.7 Å². The summed E-state index contributed by atoms with van der Waals surface area (Å²) in [4.78, 5) is 30.9. The van der Waals surface area contributed by atoms with E-state index in [0.717, 1.165) is 6.42 Å². The zero-order valence-electron chi connectivity index (χ0n) is 16.9. The van der Waals surface area contributed by atoms with Crippen molar-refractivity contribution in [1.29, 1.82) is 0 Å². The molecule has 0 aromatic carbocycles. The number of nitrogens with zero attached hydrogens (tertiary/aromatic N) is 5. The molecule has 5 N–H and O–H groups in total. The van der Waals surface area contributed by atoms with Crippen molar-refractivity contribution in [3.63, 3.8) is 0 Å². The maximum atomic E-state index is 12.8. The number of nitrogens with one attached hydrogen (secondary N) is 2. The normalized spacial score (nSPS) is 20.6. The molecule has 1 saturated heterocycles. The van der Waals surface area contributed by atoms with E-state index in [2.05, 4.69) is 25.2 Å². The van der Waals surface area contributed by atoms with Crippen LogP contribution in [-0.2, 0) is 26.6 Å². The fourth-order valence-corrected chi connectivity index (χ4v) is 3.89. The van der Waals surface area contributed by atoms with Gasteiger partial charge in [-0.1, -0.05) is 5.16 Å². The van der Waals surface area contributed by atoms with E-state index in [1.807, 2.05) is 0 Å². The van der Waals surface area contributed by atoms with Crippen molar-refractivity contribution in [2.24, 2.45) is 17.9 Å². The van der Waals surface area contributed by atoms with Crippen LogP contribution in [0.25, 0.3) is 0 Å². The van der Waals surface area contributed by atoms with Crippen molar-refractivity contribution in [3.8, 4) is 0 Å². The molecule has 0 saturated carbocycles. The largest absolute Gasteiger partial charge is 0.433 e. The number of carbonyl (C=O) groups is 2. The van der Waals surface area contributed by atoms with Crippen LogP contribution in [0.5, 0.6) is 0 Å². The summed E-state index contributed by atoms with van der Waals surface area (Å²) < 4.78 is 37.4. The molecule has 0 radical (unpaired) electrons. The molecule has 2 atom stereocenters.